The summed E-state index contributed by atoms with van der Waals surface area (Å²) in [7, 11) is 0. The molecule has 0 unspecified atom stereocenters. The van der Waals surface area contributed by atoms with Gasteiger partial charge in [-0.1, -0.05) is 30.3 Å². The molecular formula is C17H21N3O4. The Hall–Kier alpha value is -2.83. The Morgan fingerprint density at radius 3 is 2.58 bits per heavy atom. The van der Waals surface area contributed by atoms with Gasteiger partial charge in [-0.15, -0.1) is 0 Å². The molecule has 128 valence electrons. The predicted molar refractivity (Wildman–Crippen MR) is 87.3 cm³/mol. The Morgan fingerprint density at radius 1 is 1.21 bits per heavy atom. The van der Waals surface area contributed by atoms with E-state index in [2.05, 4.69) is 10.3 Å². The summed E-state index contributed by atoms with van der Waals surface area (Å²) in [6, 6.07) is 9.39. The average Bonchev–Trinajstić information content (AvgIpc) is 2.99. The summed E-state index contributed by atoms with van der Waals surface area (Å²) < 4.78 is 11.5. The number of carbonyl (C=O) groups is 2. The number of imidazole rings is 1. The van der Waals surface area contributed by atoms with Crippen LogP contribution in [0.25, 0.3) is 0 Å². The van der Waals surface area contributed by atoms with Gasteiger partial charge in [0.2, 0.25) is 0 Å². The van der Waals surface area contributed by atoms with E-state index in [-0.39, 0.29) is 13.2 Å². The Balaban J connectivity index is 1.81. The average molecular weight is 331 g/mol. The van der Waals surface area contributed by atoms with Crippen LogP contribution in [-0.4, -0.2) is 27.3 Å². The first-order valence-electron chi connectivity index (χ1n) is 7.54. The largest absolute Gasteiger partial charge is 0.444 e. The van der Waals surface area contributed by atoms with Crippen LogP contribution in [0, 0.1) is 0 Å². The molecule has 1 N–H and O–H groups in total. The van der Waals surface area contributed by atoms with Gasteiger partial charge in [-0.3, -0.25) is 0 Å². The molecule has 0 atom stereocenters. The van der Waals surface area contributed by atoms with Crippen LogP contribution >= 0.6 is 0 Å². The number of amides is 1. The van der Waals surface area contributed by atoms with Gasteiger partial charge in [-0.25, -0.2) is 19.1 Å². The van der Waals surface area contributed by atoms with E-state index in [0.717, 1.165) is 5.56 Å². The van der Waals surface area contributed by atoms with Crippen molar-refractivity contribution in [2.45, 2.75) is 39.5 Å². The maximum Gasteiger partial charge on any atom is 0.419 e. The number of nitrogens with one attached hydrogen (secondary N) is 1. The van der Waals surface area contributed by atoms with Crippen molar-refractivity contribution in [3.05, 3.63) is 54.1 Å². The molecule has 0 aliphatic heterocycles. The molecule has 24 heavy (non-hydrogen) atoms. The van der Waals surface area contributed by atoms with Gasteiger partial charge in [-0.2, -0.15) is 0 Å². The van der Waals surface area contributed by atoms with Crippen molar-refractivity contribution in [2.75, 3.05) is 0 Å². The lowest BCUT2D eigenvalue weighted by molar-refractivity contribution is 0.0523. The number of rotatable bonds is 4. The topological polar surface area (TPSA) is 82.5 Å². The summed E-state index contributed by atoms with van der Waals surface area (Å²) >= 11 is 0. The summed E-state index contributed by atoms with van der Waals surface area (Å²) in [6.45, 7) is 5.69. The summed E-state index contributed by atoms with van der Waals surface area (Å²) in [6.07, 6.45) is 1.78. The molecule has 0 radical (unpaired) electrons. The summed E-state index contributed by atoms with van der Waals surface area (Å²) in [5.74, 6) is 0. The molecule has 0 aliphatic rings. The maximum atomic E-state index is 11.9. The second-order valence-corrected chi connectivity index (χ2v) is 6.17. The van der Waals surface area contributed by atoms with E-state index in [1.165, 1.54) is 17.1 Å². The fraction of sp³-hybridized carbons (Fsp3) is 0.353. The third-order valence-corrected chi connectivity index (χ3v) is 2.86. The van der Waals surface area contributed by atoms with Gasteiger partial charge in [0, 0.05) is 6.20 Å². The van der Waals surface area contributed by atoms with Crippen molar-refractivity contribution in [1.82, 2.24) is 14.9 Å². The number of alkyl carbamates (subject to hydrolysis) is 1. The fourth-order valence-electron chi connectivity index (χ4n) is 1.83. The summed E-state index contributed by atoms with van der Waals surface area (Å²) in [4.78, 5) is 27.6. The molecule has 2 aromatic rings. The molecule has 2 rings (SSSR count). The Morgan fingerprint density at radius 2 is 1.92 bits per heavy atom. The minimum atomic E-state index is -0.565. The number of aromatic nitrogens is 2. The quantitative estimate of drug-likeness (QED) is 0.931. The van der Waals surface area contributed by atoms with Crippen LogP contribution in [-0.2, 0) is 22.6 Å². The molecule has 0 aliphatic carbocycles. The van der Waals surface area contributed by atoms with Crippen LogP contribution in [0.3, 0.4) is 0 Å². The number of benzene rings is 1. The molecule has 7 nitrogen and oxygen atoms in total. The van der Waals surface area contributed by atoms with Gasteiger partial charge < -0.3 is 14.8 Å². The highest BCUT2D eigenvalue weighted by Crippen LogP contribution is 2.07. The number of carbonyl (C=O) groups excluding carboxylic acids is 2. The highest BCUT2D eigenvalue weighted by atomic mass is 16.6. The first kappa shape index (κ1) is 17.5. The minimum Gasteiger partial charge on any atom is -0.444 e. The fourth-order valence-corrected chi connectivity index (χ4v) is 1.83. The third kappa shape index (κ3) is 5.75. The summed E-state index contributed by atoms with van der Waals surface area (Å²) in [5, 5.41) is 2.58. The van der Waals surface area contributed by atoms with E-state index in [9.17, 15) is 9.59 Å². The molecule has 0 bridgehead atoms. The Kier molecular flexibility index (Phi) is 5.57. The Bertz CT molecular complexity index is 689. The highest BCUT2D eigenvalue weighted by Gasteiger charge is 2.16. The van der Waals surface area contributed by atoms with Gasteiger partial charge >= 0.3 is 12.2 Å². The van der Waals surface area contributed by atoms with Crippen molar-refractivity contribution in [3.8, 4) is 0 Å². The summed E-state index contributed by atoms with van der Waals surface area (Å²) in [5.41, 5.74) is 0.861. The molecule has 0 spiro atoms. The predicted octanol–water partition coefficient (Wildman–Crippen LogP) is 3.09. The second-order valence-electron chi connectivity index (χ2n) is 6.17. The standard InChI is InChI=1S/C17H21N3O4/c1-17(2,3)24-15(21)18-9-14-10-20(12-19-14)16(22)23-11-13-7-5-4-6-8-13/h4-8,10,12H,9,11H2,1-3H3,(H,18,21). The molecular weight excluding hydrogens is 310 g/mol. The molecule has 1 aromatic carbocycles. The lowest BCUT2D eigenvalue weighted by atomic mass is 10.2. The van der Waals surface area contributed by atoms with E-state index in [1.807, 2.05) is 30.3 Å². The Labute approximate surface area is 140 Å². The zero-order chi connectivity index (χ0) is 17.6. The molecule has 7 heteroatoms. The lowest BCUT2D eigenvalue weighted by Gasteiger charge is -2.19. The van der Waals surface area contributed by atoms with Gasteiger partial charge in [0.05, 0.1) is 12.2 Å². The first-order valence-corrected chi connectivity index (χ1v) is 7.54. The normalized spacial score (nSPS) is 11.0. The van der Waals surface area contributed by atoms with E-state index in [4.69, 9.17) is 9.47 Å². The van der Waals surface area contributed by atoms with Crippen molar-refractivity contribution in [1.29, 1.82) is 0 Å². The molecule has 1 amide bonds. The number of hydrogen-bond donors (Lipinski definition) is 1. The highest BCUT2D eigenvalue weighted by molar-refractivity contribution is 5.70. The van der Waals surface area contributed by atoms with Crippen LogP contribution in [0.2, 0.25) is 0 Å². The van der Waals surface area contributed by atoms with Crippen LogP contribution in [0.5, 0.6) is 0 Å². The number of ether oxygens (including phenoxy) is 2. The zero-order valence-corrected chi connectivity index (χ0v) is 14.0. The lowest BCUT2D eigenvalue weighted by Crippen LogP contribution is -2.32. The van der Waals surface area contributed by atoms with Crippen molar-refractivity contribution >= 4 is 12.2 Å². The smallest absolute Gasteiger partial charge is 0.419 e. The molecule has 0 fully saturated rings. The number of hydrogen-bond acceptors (Lipinski definition) is 5. The van der Waals surface area contributed by atoms with E-state index >= 15 is 0 Å². The second kappa shape index (κ2) is 7.63. The van der Waals surface area contributed by atoms with Crippen molar-refractivity contribution < 1.29 is 19.1 Å². The van der Waals surface area contributed by atoms with Crippen LogP contribution < -0.4 is 5.32 Å². The maximum absolute atomic E-state index is 11.9. The molecule has 1 heterocycles. The van der Waals surface area contributed by atoms with E-state index < -0.39 is 17.8 Å². The number of nitrogens with zero attached hydrogens (tertiary/aromatic N) is 2. The van der Waals surface area contributed by atoms with Crippen LogP contribution in [0.15, 0.2) is 42.9 Å². The van der Waals surface area contributed by atoms with Crippen molar-refractivity contribution in [2.24, 2.45) is 0 Å². The van der Waals surface area contributed by atoms with Gasteiger partial charge in [0.15, 0.2) is 0 Å². The van der Waals surface area contributed by atoms with Gasteiger partial charge in [0.1, 0.15) is 18.5 Å². The monoisotopic (exact) mass is 331 g/mol. The van der Waals surface area contributed by atoms with E-state index in [0.29, 0.717) is 5.69 Å². The van der Waals surface area contributed by atoms with Crippen molar-refractivity contribution in [3.63, 3.8) is 0 Å². The molecule has 0 saturated carbocycles. The van der Waals surface area contributed by atoms with E-state index in [1.54, 1.807) is 20.8 Å². The SMILES string of the molecule is CC(C)(C)OC(=O)NCc1cn(C(=O)OCc2ccccc2)cn1. The third-order valence-electron chi connectivity index (χ3n) is 2.86. The van der Waals surface area contributed by atoms with Gasteiger partial charge in [-0.05, 0) is 26.3 Å². The zero-order valence-electron chi connectivity index (χ0n) is 14.0. The minimum absolute atomic E-state index is 0.161. The van der Waals surface area contributed by atoms with Crippen LogP contribution in [0.4, 0.5) is 9.59 Å². The first-order chi connectivity index (χ1) is 11.3. The molecule has 1 aromatic heterocycles. The van der Waals surface area contributed by atoms with Gasteiger partial charge in [0.25, 0.3) is 0 Å². The molecule has 0 saturated heterocycles. The van der Waals surface area contributed by atoms with Crippen LogP contribution in [0.1, 0.15) is 32.0 Å².